The molecule has 0 fully saturated rings. The topological polar surface area (TPSA) is 67.2 Å². The normalized spacial score (nSPS) is 11.6. The molecule has 5 heteroatoms. The number of nitrogens with one attached hydrogen (secondary N) is 2. The minimum Gasteiger partial charge on any atom is -0.361 e. The Bertz CT molecular complexity index is 385. The summed E-state index contributed by atoms with van der Waals surface area (Å²) in [6.07, 6.45) is 0.473. The van der Waals surface area contributed by atoms with E-state index in [1.807, 2.05) is 34.6 Å². The van der Waals surface area contributed by atoms with E-state index in [1.54, 1.807) is 0 Å². The highest BCUT2D eigenvalue weighted by molar-refractivity contribution is 5.76. The molecule has 0 atom stereocenters. The highest BCUT2D eigenvalue weighted by atomic mass is 16.5. The van der Waals surface area contributed by atoms with Crippen LogP contribution in [0, 0.1) is 13.8 Å². The van der Waals surface area contributed by atoms with E-state index in [-0.39, 0.29) is 11.4 Å². The van der Waals surface area contributed by atoms with E-state index in [0.29, 0.717) is 19.5 Å². The van der Waals surface area contributed by atoms with Crippen LogP contribution in [0.2, 0.25) is 0 Å². The summed E-state index contributed by atoms with van der Waals surface area (Å²) in [6, 6.07) is 0. The monoisotopic (exact) mass is 253 g/mol. The summed E-state index contributed by atoms with van der Waals surface area (Å²) in [5.74, 6) is 0.896. The lowest BCUT2D eigenvalue weighted by Gasteiger charge is -2.20. The third-order valence-electron chi connectivity index (χ3n) is 2.53. The van der Waals surface area contributed by atoms with E-state index < -0.39 is 0 Å². The van der Waals surface area contributed by atoms with Gasteiger partial charge in [-0.25, -0.2) is 0 Å². The Morgan fingerprint density at radius 1 is 1.33 bits per heavy atom. The van der Waals surface area contributed by atoms with Crippen LogP contribution < -0.4 is 10.6 Å². The largest absolute Gasteiger partial charge is 0.361 e. The van der Waals surface area contributed by atoms with E-state index in [2.05, 4.69) is 15.8 Å². The van der Waals surface area contributed by atoms with Gasteiger partial charge in [0.1, 0.15) is 5.76 Å². The first-order chi connectivity index (χ1) is 8.29. The minimum atomic E-state index is -0.168. The van der Waals surface area contributed by atoms with Crippen molar-refractivity contribution in [2.24, 2.45) is 0 Å². The fraction of sp³-hybridized carbons (Fsp3) is 0.692. The van der Waals surface area contributed by atoms with Crippen molar-refractivity contribution in [2.75, 3.05) is 6.54 Å². The first kappa shape index (κ1) is 14.7. The van der Waals surface area contributed by atoms with Crippen LogP contribution in [0.5, 0.6) is 0 Å². The van der Waals surface area contributed by atoms with Gasteiger partial charge >= 0.3 is 0 Å². The fourth-order valence-corrected chi connectivity index (χ4v) is 1.65. The van der Waals surface area contributed by atoms with Crippen LogP contribution in [0.1, 0.15) is 44.2 Å². The molecule has 0 bridgehead atoms. The lowest BCUT2D eigenvalue weighted by molar-refractivity contribution is -0.122. The van der Waals surface area contributed by atoms with Gasteiger partial charge < -0.3 is 15.2 Å². The predicted molar refractivity (Wildman–Crippen MR) is 70.2 cm³/mol. The quantitative estimate of drug-likeness (QED) is 0.784. The first-order valence-electron chi connectivity index (χ1n) is 6.23. The molecule has 102 valence electrons. The summed E-state index contributed by atoms with van der Waals surface area (Å²) in [6.45, 7) is 11.1. The van der Waals surface area contributed by atoms with Crippen molar-refractivity contribution in [3.8, 4) is 0 Å². The van der Waals surface area contributed by atoms with E-state index in [9.17, 15) is 4.79 Å². The molecule has 1 aromatic rings. The van der Waals surface area contributed by atoms with E-state index in [1.165, 1.54) is 0 Å². The maximum Gasteiger partial charge on any atom is 0.221 e. The van der Waals surface area contributed by atoms with Gasteiger partial charge in [-0.05, 0) is 34.6 Å². The number of nitrogens with zero attached hydrogens (tertiary/aromatic N) is 1. The highest BCUT2D eigenvalue weighted by Crippen LogP contribution is 2.11. The maximum absolute atomic E-state index is 11.6. The van der Waals surface area contributed by atoms with Crippen molar-refractivity contribution in [3.63, 3.8) is 0 Å². The van der Waals surface area contributed by atoms with Crippen LogP contribution >= 0.6 is 0 Å². The zero-order valence-electron chi connectivity index (χ0n) is 11.9. The van der Waals surface area contributed by atoms with Crippen molar-refractivity contribution in [3.05, 3.63) is 17.0 Å². The van der Waals surface area contributed by atoms with Crippen molar-refractivity contribution < 1.29 is 9.32 Å². The fourth-order valence-electron chi connectivity index (χ4n) is 1.65. The molecule has 0 spiro atoms. The number of hydrogen-bond acceptors (Lipinski definition) is 4. The third-order valence-corrected chi connectivity index (χ3v) is 2.53. The Balaban J connectivity index is 2.25. The first-order valence-corrected chi connectivity index (χ1v) is 6.23. The molecule has 0 radical (unpaired) electrons. The molecule has 0 unspecified atom stereocenters. The van der Waals surface area contributed by atoms with Crippen LogP contribution in [0.4, 0.5) is 0 Å². The summed E-state index contributed by atoms with van der Waals surface area (Å²) in [7, 11) is 0. The Labute approximate surface area is 108 Å². The second-order valence-electron chi connectivity index (χ2n) is 5.53. The second-order valence-corrected chi connectivity index (χ2v) is 5.53. The van der Waals surface area contributed by atoms with Crippen LogP contribution in [0.15, 0.2) is 4.52 Å². The van der Waals surface area contributed by atoms with Gasteiger partial charge in [0.15, 0.2) is 0 Å². The number of aromatic nitrogens is 1. The Hall–Kier alpha value is -1.36. The minimum absolute atomic E-state index is 0.0637. The molecule has 2 N–H and O–H groups in total. The standard InChI is InChI=1S/C13H23N3O2/c1-9-11(10(2)18-16-9)8-14-7-6-12(17)15-13(3,4)5/h14H,6-8H2,1-5H3,(H,15,17). The smallest absolute Gasteiger partial charge is 0.221 e. The van der Waals surface area contributed by atoms with Gasteiger partial charge in [0.2, 0.25) is 5.91 Å². The number of amides is 1. The maximum atomic E-state index is 11.6. The zero-order valence-corrected chi connectivity index (χ0v) is 11.9. The molecule has 0 saturated heterocycles. The second kappa shape index (κ2) is 6.00. The van der Waals surface area contributed by atoms with E-state index in [0.717, 1.165) is 17.0 Å². The zero-order chi connectivity index (χ0) is 13.8. The summed E-state index contributed by atoms with van der Waals surface area (Å²) >= 11 is 0. The van der Waals surface area contributed by atoms with Gasteiger partial charge in [-0.15, -0.1) is 0 Å². The molecule has 1 rings (SSSR count). The molecule has 5 nitrogen and oxygen atoms in total. The van der Waals surface area contributed by atoms with Crippen molar-refractivity contribution in [1.82, 2.24) is 15.8 Å². The highest BCUT2D eigenvalue weighted by Gasteiger charge is 2.13. The average molecular weight is 253 g/mol. The summed E-state index contributed by atoms with van der Waals surface area (Å²) in [5, 5.41) is 10.0. The lowest BCUT2D eigenvalue weighted by Crippen LogP contribution is -2.41. The van der Waals surface area contributed by atoms with Crippen LogP contribution in [-0.2, 0) is 11.3 Å². The van der Waals surface area contributed by atoms with Crippen molar-refractivity contribution in [1.29, 1.82) is 0 Å². The summed E-state index contributed by atoms with van der Waals surface area (Å²) in [5.41, 5.74) is 1.81. The van der Waals surface area contributed by atoms with Gasteiger partial charge in [-0.3, -0.25) is 4.79 Å². The van der Waals surface area contributed by atoms with Gasteiger partial charge in [0.05, 0.1) is 5.69 Å². The van der Waals surface area contributed by atoms with Gasteiger partial charge in [0, 0.05) is 30.6 Å². The Kier molecular flexibility index (Phi) is 4.90. The van der Waals surface area contributed by atoms with Crippen molar-refractivity contribution in [2.45, 2.75) is 53.1 Å². The third kappa shape index (κ3) is 4.87. The van der Waals surface area contributed by atoms with Gasteiger partial charge in [-0.1, -0.05) is 5.16 Å². The Morgan fingerprint density at radius 3 is 2.50 bits per heavy atom. The molecule has 1 aromatic heterocycles. The Morgan fingerprint density at radius 2 is 2.00 bits per heavy atom. The van der Waals surface area contributed by atoms with Crippen LogP contribution in [0.3, 0.4) is 0 Å². The van der Waals surface area contributed by atoms with Crippen LogP contribution in [-0.4, -0.2) is 23.1 Å². The molecule has 0 aliphatic carbocycles. The number of hydrogen-bond donors (Lipinski definition) is 2. The van der Waals surface area contributed by atoms with E-state index >= 15 is 0 Å². The number of carbonyl (C=O) groups excluding carboxylic acids is 1. The number of rotatable bonds is 5. The van der Waals surface area contributed by atoms with Gasteiger partial charge in [-0.2, -0.15) is 0 Å². The summed E-state index contributed by atoms with van der Waals surface area (Å²) < 4.78 is 5.07. The molecular weight excluding hydrogens is 230 g/mol. The number of carbonyl (C=O) groups is 1. The SMILES string of the molecule is Cc1noc(C)c1CNCCC(=O)NC(C)(C)C. The van der Waals surface area contributed by atoms with E-state index in [4.69, 9.17) is 4.52 Å². The predicted octanol–water partition coefficient (Wildman–Crippen LogP) is 1.69. The molecule has 0 aliphatic heterocycles. The molecule has 0 saturated carbocycles. The number of aryl methyl sites for hydroxylation is 2. The molecule has 0 aromatic carbocycles. The molecule has 0 aliphatic rings. The van der Waals surface area contributed by atoms with Crippen molar-refractivity contribution >= 4 is 5.91 Å². The lowest BCUT2D eigenvalue weighted by atomic mass is 10.1. The van der Waals surface area contributed by atoms with Gasteiger partial charge in [0.25, 0.3) is 0 Å². The van der Waals surface area contributed by atoms with Crippen LogP contribution in [0.25, 0.3) is 0 Å². The summed E-state index contributed by atoms with van der Waals surface area (Å²) in [4.78, 5) is 11.6. The molecule has 18 heavy (non-hydrogen) atoms. The molecule has 1 heterocycles. The molecule has 1 amide bonds. The average Bonchev–Trinajstić information content (AvgIpc) is 2.52. The molecular formula is C13H23N3O2.